The first-order chi connectivity index (χ1) is 11.0. The summed E-state index contributed by atoms with van der Waals surface area (Å²) in [5.74, 6) is 1.78. The fourth-order valence-corrected chi connectivity index (χ4v) is 1.82. The summed E-state index contributed by atoms with van der Waals surface area (Å²) in [5, 5.41) is 6.18. The molecule has 9 heteroatoms. The van der Waals surface area contributed by atoms with Crippen molar-refractivity contribution in [3.8, 4) is 5.88 Å². The molecule has 0 spiro atoms. The van der Waals surface area contributed by atoms with Crippen LogP contribution in [0.5, 0.6) is 5.88 Å². The van der Waals surface area contributed by atoms with Crippen molar-refractivity contribution < 1.29 is 17.9 Å². The van der Waals surface area contributed by atoms with E-state index in [-0.39, 0.29) is 12.5 Å². The van der Waals surface area contributed by atoms with Crippen LogP contribution in [0.4, 0.5) is 13.2 Å². The molecular weight excluding hydrogens is 329 g/mol. The van der Waals surface area contributed by atoms with E-state index in [1.807, 2.05) is 13.2 Å². The summed E-state index contributed by atoms with van der Waals surface area (Å²) < 4.78 is 42.5. The Morgan fingerprint density at radius 3 is 2.70 bits per heavy atom. The number of guanidine groups is 1. The number of halogens is 3. The van der Waals surface area contributed by atoms with Gasteiger partial charge in [-0.05, 0) is 19.2 Å². The maximum atomic E-state index is 12.4. The van der Waals surface area contributed by atoms with Crippen LogP contribution in [0.1, 0.15) is 12.5 Å². The Labute approximate surface area is 138 Å². The minimum Gasteiger partial charge on any atom is -0.476 e. The molecule has 130 valence electrons. The number of nitrogens with one attached hydrogen (secondary N) is 2. The van der Waals surface area contributed by atoms with Crippen molar-refractivity contribution in [2.45, 2.75) is 13.1 Å². The third-order valence-corrected chi connectivity index (χ3v) is 3.21. The molecule has 0 aliphatic carbocycles. The normalized spacial score (nSPS) is 12.1. The van der Waals surface area contributed by atoms with Gasteiger partial charge in [0.2, 0.25) is 5.88 Å². The molecule has 23 heavy (non-hydrogen) atoms. The van der Waals surface area contributed by atoms with Crippen LogP contribution in [0.25, 0.3) is 0 Å². The van der Waals surface area contributed by atoms with Crippen molar-refractivity contribution >= 4 is 17.7 Å². The highest BCUT2D eigenvalue weighted by Gasteiger charge is 2.30. The lowest BCUT2D eigenvalue weighted by atomic mass is 10.3. The Bertz CT molecular complexity index is 480. The number of hydrogen-bond acceptors (Lipinski definition) is 4. The van der Waals surface area contributed by atoms with Gasteiger partial charge >= 0.3 is 6.18 Å². The molecule has 0 aromatic carbocycles. The van der Waals surface area contributed by atoms with Crippen molar-refractivity contribution in [1.82, 2.24) is 15.6 Å². The van der Waals surface area contributed by atoms with Crippen molar-refractivity contribution in [3.05, 3.63) is 23.9 Å². The van der Waals surface area contributed by atoms with Gasteiger partial charge in [0.25, 0.3) is 0 Å². The number of ether oxygens (including phenoxy) is 1. The summed E-state index contributed by atoms with van der Waals surface area (Å²) in [5.41, 5.74) is -0.793. The van der Waals surface area contributed by atoms with Crippen LogP contribution < -0.4 is 15.4 Å². The van der Waals surface area contributed by atoms with Gasteiger partial charge in [-0.1, -0.05) is 0 Å². The average Bonchev–Trinajstić information content (AvgIpc) is 2.51. The summed E-state index contributed by atoms with van der Waals surface area (Å²) in [7, 11) is 0. The van der Waals surface area contributed by atoms with Gasteiger partial charge in [-0.2, -0.15) is 24.9 Å². The predicted molar refractivity (Wildman–Crippen MR) is 87.1 cm³/mol. The molecule has 0 aliphatic rings. The van der Waals surface area contributed by atoms with Crippen molar-refractivity contribution in [3.63, 3.8) is 0 Å². The number of hydrogen-bond donors (Lipinski definition) is 2. The molecule has 0 saturated heterocycles. The first-order valence-corrected chi connectivity index (χ1v) is 8.54. The first kappa shape index (κ1) is 19.4. The molecule has 2 N–H and O–H groups in total. The molecule has 0 bridgehead atoms. The van der Waals surface area contributed by atoms with Gasteiger partial charge in [0, 0.05) is 24.6 Å². The second-order valence-corrected chi connectivity index (χ2v) is 5.40. The van der Waals surface area contributed by atoms with E-state index in [4.69, 9.17) is 4.74 Å². The van der Waals surface area contributed by atoms with Crippen LogP contribution in [0.3, 0.4) is 0 Å². The highest BCUT2D eigenvalue weighted by molar-refractivity contribution is 7.98. The van der Waals surface area contributed by atoms with Crippen LogP contribution in [0.2, 0.25) is 0 Å². The molecule has 5 nitrogen and oxygen atoms in total. The molecule has 1 rings (SSSR count). The number of pyridine rings is 1. The molecular formula is C14H21F3N4OS. The molecule has 1 aromatic rings. The van der Waals surface area contributed by atoms with E-state index in [0.717, 1.165) is 24.6 Å². The highest BCUT2D eigenvalue weighted by Crippen LogP contribution is 2.29. The van der Waals surface area contributed by atoms with Gasteiger partial charge in [0.15, 0.2) is 5.96 Å². The third-order valence-electron chi connectivity index (χ3n) is 2.62. The Hall–Kier alpha value is -1.64. The van der Waals surface area contributed by atoms with Crippen LogP contribution in [-0.2, 0) is 6.18 Å². The fraction of sp³-hybridized carbons (Fsp3) is 0.571. The lowest BCUT2D eigenvalue weighted by Crippen LogP contribution is -2.39. The van der Waals surface area contributed by atoms with Gasteiger partial charge in [-0.25, -0.2) is 4.98 Å². The monoisotopic (exact) mass is 350 g/mol. The van der Waals surface area contributed by atoms with E-state index in [1.165, 1.54) is 6.07 Å². The van der Waals surface area contributed by atoms with Crippen molar-refractivity contribution in [2.24, 2.45) is 4.99 Å². The lowest BCUT2D eigenvalue weighted by molar-refractivity contribution is -0.137. The molecule has 0 saturated carbocycles. The molecule has 1 heterocycles. The first-order valence-electron chi connectivity index (χ1n) is 7.14. The van der Waals surface area contributed by atoms with E-state index < -0.39 is 11.7 Å². The smallest absolute Gasteiger partial charge is 0.417 e. The fourth-order valence-electron chi connectivity index (χ4n) is 1.55. The van der Waals surface area contributed by atoms with E-state index >= 15 is 0 Å². The molecule has 0 radical (unpaired) electrons. The zero-order valence-electron chi connectivity index (χ0n) is 13.1. The van der Waals surface area contributed by atoms with Crippen LogP contribution in [-0.4, -0.2) is 49.2 Å². The molecule has 1 aromatic heterocycles. The molecule has 0 atom stereocenters. The number of rotatable bonds is 8. The highest BCUT2D eigenvalue weighted by atomic mass is 32.2. The summed E-state index contributed by atoms with van der Waals surface area (Å²) in [6.07, 6.45) is -1.61. The van der Waals surface area contributed by atoms with E-state index in [9.17, 15) is 13.2 Å². The molecule has 0 aliphatic heterocycles. The predicted octanol–water partition coefficient (Wildman–Crippen LogP) is 2.40. The van der Waals surface area contributed by atoms with Crippen LogP contribution in [0, 0.1) is 0 Å². The summed E-state index contributed by atoms with van der Waals surface area (Å²) in [6.45, 7) is 4.15. The Morgan fingerprint density at radius 2 is 2.13 bits per heavy atom. The largest absolute Gasteiger partial charge is 0.476 e. The quantitative estimate of drug-likeness (QED) is 0.428. The van der Waals surface area contributed by atoms with E-state index in [0.29, 0.717) is 19.0 Å². The second kappa shape index (κ2) is 10.2. The maximum absolute atomic E-state index is 12.4. The van der Waals surface area contributed by atoms with Gasteiger partial charge in [-0.15, -0.1) is 0 Å². The van der Waals surface area contributed by atoms with Crippen molar-refractivity contribution in [2.75, 3.05) is 38.2 Å². The average molecular weight is 350 g/mol. The van der Waals surface area contributed by atoms with Crippen LogP contribution in [0.15, 0.2) is 23.3 Å². The van der Waals surface area contributed by atoms with Gasteiger partial charge in [0.1, 0.15) is 6.61 Å². The SMILES string of the molecule is CCNC(=NCCSC)NCCOc1ccc(C(F)(F)F)cn1. The number of aromatic nitrogens is 1. The summed E-state index contributed by atoms with van der Waals surface area (Å²) >= 11 is 1.71. The Kier molecular flexibility index (Phi) is 8.60. The van der Waals surface area contributed by atoms with E-state index in [1.54, 1.807) is 11.8 Å². The maximum Gasteiger partial charge on any atom is 0.417 e. The van der Waals surface area contributed by atoms with Gasteiger partial charge < -0.3 is 15.4 Å². The topological polar surface area (TPSA) is 58.5 Å². The second-order valence-electron chi connectivity index (χ2n) is 4.41. The van der Waals surface area contributed by atoms with Crippen LogP contribution >= 0.6 is 11.8 Å². The zero-order valence-corrected chi connectivity index (χ0v) is 13.9. The number of aliphatic imine (C=N–C) groups is 1. The van der Waals surface area contributed by atoms with Gasteiger partial charge in [-0.3, -0.25) is 4.99 Å². The van der Waals surface area contributed by atoms with Crippen molar-refractivity contribution in [1.29, 1.82) is 0 Å². The molecule has 0 fully saturated rings. The summed E-state index contributed by atoms with van der Waals surface area (Å²) in [4.78, 5) is 8.00. The minimum absolute atomic E-state index is 0.157. The molecule has 0 unspecified atom stereocenters. The minimum atomic E-state index is -4.39. The standard InChI is InChI=1S/C14H21F3N4OS/c1-3-18-13(20-7-9-23-2)19-6-8-22-12-5-4-11(10-21-12)14(15,16)17/h4-5,10H,3,6-9H2,1-2H3,(H2,18,19,20). The Morgan fingerprint density at radius 1 is 1.35 bits per heavy atom. The Balaban J connectivity index is 2.36. The lowest BCUT2D eigenvalue weighted by Gasteiger charge is -2.12. The number of thioether (sulfide) groups is 1. The number of nitrogens with zero attached hydrogens (tertiary/aromatic N) is 2. The molecule has 0 amide bonds. The number of alkyl halides is 3. The summed E-state index contributed by atoms with van der Waals surface area (Å²) in [6, 6.07) is 2.16. The third kappa shape index (κ3) is 7.96. The van der Waals surface area contributed by atoms with E-state index in [2.05, 4.69) is 20.6 Å². The van der Waals surface area contributed by atoms with Gasteiger partial charge in [0.05, 0.1) is 18.7 Å². The zero-order chi connectivity index (χ0) is 17.1.